The summed E-state index contributed by atoms with van der Waals surface area (Å²) in [7, 11) is 0. The number of rotatable bonds is 4. The maximum atomic E-state index is 6.13. The summed E-state index contributed by atoms with van der Waals surface area (Å²) in [6.45, 7) is 1.91. The second-order valence-electron chi connectivity index (χ2n) is 6.60. The van der Waals surface area contributed by atoms with Crippen LogP contribution in [0.2, 0.25) is 10.0 Å². The van der Waals surface area contributed by atoms with Crippen LogP contribution in [0.3, 0.4) is 0 Å². The molecule has 4 rings (SSSR count). The first-order chi connectivity index (χ1) is 12.6. The molecule has 0 aliphatic carbocycles. The fourth-order valence-corrected chi connectivity index (χ4v) is 5.04. The van der Waals surface area contributed by atoms with Crippen molar-refractivity contribution in [2.75, 3.05) is 11.9 Å². The zero-order chi connectivity index (χ0) is 18.1. The Kier molecular flexibility index (Phi) is 5.55. The summed E-state index contributed by atoms with van der Waals surface area (Å²) in [5.41, 5.74) is 2.31. The molecule has 1 fully saturated rings. The Balaban J connectivity index is 1.45. The van der Waals surface area contributed by atoms with E-state index < -0.39 is 0 Å². The Hall–Kier alpha value is -1.08. The quantitative estimate of drug-likeness (QED) is 0.272. The number of hydrogen-bond donors (Lipinski definition) is 1. The molecule has 1 N–H and O–H groups in total. The van der Waals surface area contributed by atoms with Crippen molar-refractivity contribution in [2.24, 2.45) is 0 Å². The van der Waals surface area contributed by atoms with Gasteiger partial charge in [0, 0.05) is 46.6 Å². The molecular weight excluding hydrogens is 480 g/mol. The highest BCUT2D eigenvalue weighted by Crippen LogP contribution is 2.30. The van der Waals surface area contributed by atoms with Gasteiger partial charge in [0.25, 0.3) is 0 Å². The Morgan fingerprint density at radius 3 is 2.69 bits per heavy atom. The molecule has 1 aliphatic rings. The molecule has 1 aliphatic heterocycles. The lowest BCUT2D eigenvalue weighted by molar-refractivity contribution is 0.316. The number of benzene rings is 2. The van der Waals surface area contributed by atoms with Gasteiger partial charge < -0.3 is 5.32 Å². The van der Waals surface area contributed by atoms with Crippen molar-refractivity contribution in [1.82, 2.24) is 9.88 Å². The number of likely N-dealkylation sites (tertiary alicyclic amines) is 1. The first kappa shape index (κ1) is 18.3. The van der Waals surface area contributed by atoms with Crippen LogP contribution < -0.4 is 5.32 Å². The minimum absolute atomic E-state index is 0.401. The summed E-state index contributed by atoms with van der Waals surface area (Å²) in [5.74, 6) is 0. The number of hydrogen-bond acceptors (Lipinski definition) is 3. The van der Waals surface area contributed by atoms with E-state index in [0.29, 0.717) is 20.1 Å². The van der Waals surface area contributed by atoms with Gasteiger partial charge in [0.15, 0.2) is 0 Å². The summed E-state index contributed by atoms with van der Waals surface area (Å²) in [6.07, 6.45) is 4.84. The lowest BCUT2D eigenvalue weighted by atomic mass is 10.1. The molecule has 1 aromatic heterocycles. The number of anilines is 1. The molecule has 2 unspecified atom stereocenters. The van der Waals surface area contributed by atoms with Crippen molar-refractivity contribution in [1.29, 1.82) is 0 Å². The van der Waals surface area contributed by atoms with Crippen LogP contribution in [0.5, 0.6) is 0 Å². The molecule has 0 bridgehead atoms. The van der Waals surface area contributed by atoms with Gasteiger partial charge in [0.05, 0.1) is 10.1 Å². The van der Waals surface area contributed by atoms with E-state index in [1.54, 1.807) is 6.07 Å². The normalized spacial score (nSPS) is 20.6. The second-order valence-corrected chi connectivity index (χ2v) is 8.75. The van der Waals surface area contributed by atoms with Gasteiger partial charge in [0.2, 0.25) is 0 Å². The zero-order valence-corrected chi connectivity index (χ0v) is 17.7. The first-order valence-corrected chi connectivity index (χ1v) is 10.5. The lowest BCUT2D eigenvalue weighted by Crippen LogP contribution is -2.33. The Bertz CT molecular complexity index is 914. The molecule has 2 atom stereocenters. The lowest BCUT2D eigenvalue weighted by Gasteiger charge is -2.24. The highest BCUT2D eigenvalue weighted by molar-refractivity contribution is 14.1. The van der Waals surface area contributed by atoms with Crippen LogP contribution in [0.4, 0.5) is 5.69 Å². The van der Waals surface area contributed by atoms with Crippen molar-refractivity contribution in [3.63, 3.8) is 0 Å². The topological polar surface area (TPSA) is 28.2 Å². The Morgan fingerprint density at radius 2 is 1.88 bits per heavy atom. The molecule has 2 heterocycles. The standard InChI is InChI=1S/C20H18Cl2IN3/c21-16-7-13(8-17(22)10-16)12-26-6-4-19(20(26)23)25-18-2-1-15-11-24-5-3-14(15)9-18/h1-3,5,7-11,19-20,25H,4,6,12H2. The summed E-state index contributed by atoms with van der Waals surface area (Å²) >= 11 is 14.8. The number of halogens is 3. The van der Waals surface area contributed by atoms with E-state index in [2.05, 4.69) is 56.0 Å². The first-order valence-electron chi connectivity index (χ1n) is 8.52. The fourth-order valence-electron chi connectivity index (χ4n) is 3.45. The van der Waals surface area contributed by atoms with E-state index in [1.165, 1.54) is 5.39 Å². The molecule has 6 heteroatoms. The minimum Gasteiger partial charge on any atom is -0.380 e. The predicted molar refractivity (Wildman–Crippen MR) is 118 cm³/mol. The average Bonchev–Trinajstić information content (AvgIpc) is 2.94. The van der Waals surface area contributed by atoms with Crippen molar-refractivity contribution >= 4 is 62.3 Å². The second kappa shape index (κ2) is 7.89. The van der Waals surface area contributed by atoms with Crippen LogP contribution >= 0.6 is 45.8 Å². The molecule has 2 aromatic carbocycles. The van der Waals surface area contributed by atoms with E-state index in [-0.39, 0.29) is 0 Å². The van der Waals surface area contributed by atoms with E-state index in [4.69, 9.17) is 23.2 Å². The molecule has 0 spiro atoms. The third-order valence-electron chi connectivity index (χ3n) is 4.71. The zero-order valence-electron chi connectivity index (χ0n) is 14.0. The van der Waals surface area contributed by atoms with Crippen molar-refractivity contribution in [3.05, 3.63) is 70.5 Å². The summed E-state index contributed by atoms with van der Waals surface area (Å²) in [6, 6.07) is 14.7. The van der Waals surface area contributed by atoms with Gasteiger partial charge in [-0.05, 0) is 53.8 Å². The largest absolute Gasteiger partial charge is 0.380 e. The van der Waals surface area contributed by atoms with E-state index >= 15 is 0 Å². The highest BCUT2D eigenvalue weighted by Gasteiger charge is 2.32. The van der Waals surface area contributed by atoms with E-state index in [0.717, 1.165) is 36.1 Å². The fraction of sp³-hybridized carbons (Fsp3) is 0.250. The molecule has 3 nitrogen and oxygen atoms in total. The SMILES string of the molecule is Clc1cc(Cl)cc(CN2CCC(Nc3ccc4cnccc4c3)C2I)c1. The summed E-state index contributed by atoms with van der Waals surface area (Å²) in [5, 5.41) is 7.45. The predicted octanol–water partition coefficient (Wildman–Crippen LogP) is 5.99. The molecule has 3 aromatic rings. The molecule has 0 saturated carbocycles. The average molecular weight is 498 g/mol. The van der Waals surface area contributed by atoms with Gasteiger partial charge >= 0.3 is 0 Å². The maximum absolute atomic E-state index is 6.13. The number of pyridine rings is 1. The van der Waals surface area contributed by atoms with Crippen molar-refractivity contribution < 1.29 is 0 Å². The maximum Gasteiger partial charge on any atom is 0.0826 e. The summed E-state index contributed by atoms with van der Waals surface area (Å²) in [4.78, 5) is 6.64. The molecular formula is C20H18Cl2IN3. The molecule has 0 amide bonds. The number of nitrogens with one attached hydrogen (secondary N) is 1. The van der Waals surface area contributed by atoms with Crippen LogP contribution in [-0.2, 0) is 6.54 Å². The number of alkyl halides is 1. The number of nitrogens with zero attached hydrogens (tertiary/aromatic N) is 2. The highest BCUT2D eigenvalue weighted by atomic mass is 127. The minimum atomic E-state index is 0.401. The Labute approximate surface area is 176 Å². The van der Waals surface area contributed by atoms with Crippen molar-refractivity contribution in [3.8, 4) is 0 Å². The Morgan fingerprint density at radius 1 is 1.08 bits per heavy atom. The van der Waals surface area contributed by atoms with Gasteiger partial charge in [-0.15, -0.1) is 0 Å². The molecule has 1 saturated heterocycles. The van der Waals surface area contributed by atoms with Crippen molar-refractivity contribution in [2.45, 2.75) is 23.1 Å². The van der Waals surface area contributed by atoms with Crippen LogP contribution in [-0.4, -0.2) is 26.5 Å². The van der Waals surface area contributed by atoms with E-state index in [9.17, 15) is 0 Å². The van der Waals surface area contributed by atoms with Gasteiger partial charge in [0.1, 0.15) is 0 Å². The third kappa shape index (κ3) is 4.09. The molecule has 26 heavy (non-hydrogen) atoms. The van der Waals surface area contributed by atoms with Crippen LogP contribution in [0.15, 0.2) is 54.9 Å². The van der Waals surface area contributed by atoms with Gasteiger partial charge in [-0.1, -0.05) is 51.9 Å². The molecule has 134 valence electrons. The molecule has 0 radical (unpaired) electrons. The van der Waals surface area contributed by atoms with Crippen LogP contribution in [0, 0.1) is 0 Å². The van der Waals surface area contributed by atoms with Crippen LogP contribution in [0.1, 0.15) is 12.0 Å². The van der Waals surface area contributed by atoms with E-state index in [1.807, 2.05) is 30.6 Å². The van der Waals surface area contributed by atoms with Crippen LogP contribution in [0.25, 0.3) is 10.8 Å². The monoisotopic (exact) mass is 497 g/mol. The van der Waals surface area contributed by atoms with Gasteiger partial charge in [-0.2, -0.15) is 0 Å². The summed E-state index contributed by atoms with van der Waals surface area (Å²) < 4.78 is 0.401. The number of aromatic nitrogens is 1. The smallest absolute Gasteiger partial charge is 0.0826 e. The number of fused-ring (bicyclic) bond motifs is 1. The van der Waals surface area contributed by atoms with Gasteiger partial charge in [-0.25, -0.2) is 0 Å². The van der Waals surface area contributed by atoms with Gasteiger partial charge in [-0.3, -0.25) is 9.88 Å². The third-order valence-corrected chi connectivity index (χ3v) is 6.80.